The van der Waals surface area contributed by atoms with Crippen LogP contribution in [0.3, 0.4) is 0 Å². The zero-order valence-corrected chi connectivity index (χ0v) is 22.0. The van der Waals surface area contributed by atoms with Crippen molar-refractivity contribution in [2.24, 2.45) is 0 Å². The van der Waals surface area contributed by atoms with Gasteiger partial charge < -0.3 is 18.7 Å². The van der Waals surface area contributed by atoms with Crippen molar-refractivity contribution in [3.63, 3.8) is 0 Å². The summed E-state index contributed by atoms with van der Waals surface area (Å²) in [5.41, 5.74) is 7.50. The maximum Gasteiger partial charge on any atom is 0.332 e. The van der Waals surface area contributed by atoms with Gasteiger partial charge >= 0.3 is 5.97 Å². The number of nitrogens with zero attached hydrogens (tertiary/aromatic N) is 1. The fraction of sp³-hybridized carbons (Fsp3) is 0.290. The number of hydrogen-bond acceptors (Lipinski definition) is 6. The first-order chi connectivity index (χ1) is 17.7. The van der Waals surface area contributed by atoms with E-state index in [4.69, 9.17) is 18.7 Å². The Balaban J connectivity index is 1.53. The lowest BCUT2D eigenvalue weighted by Gasteiger charge is -2.19. The highest BCUT2D eigenvalue weighted by atomic mass is 16.6. The molecule has 1 heterocycles. The normalized spacial score (nSPS) is 11.5. The lowest BCUT2D eigenvalue weighted by atomic mass is 9.92. The van der Waals surface area contributed by atoms with E-state index in [-0.39, 0.29) is 19.2 Å². The van der Waals surface area contributed by atoms with Crippen molar-refractivity contribution in [1.29, 1.82) is 0 Å². The molecule has 0 aliphatic heterocycles. The Morgan fingerprint density at radius 2 is 1.62 bits per heavy atom. The van der Waals surface area contributed by atoms with E-state index < -0.39 is 5.60 Å². The van der Waals surface area contributed by atoms with Crippen molar-refractivity contribution in [2.45, 2.75) is 46.5 Å². The molecule has 0 aliphatic rings. The third-order valence-corrected chi connectivity index (χ3v) is 5.88. The van der Waals surface area contributed by atoms with E-state index in [0.29, 0.717) is 12.4 Å². The van der Waals surface area contributed by atoms with Gasteiger partial charge in [-0.25, -0.2) is 4.79 Å². The van der Waals surface area contributed by atoms with Gasteiger partial charge in [-0.1, -0.05) is 65.8 Å². The molecule has 0 atom stereocenters. The molecule has 0 amide bonds. The Bertz CT molecular complexity index is 1350. The number of ether oxygens (including phenoxy) is 3. The van der Waals surface area contributed by atoms with Crippen molar-refractivity contribution >= 4 is 5.97 Å². The summed E-state index contributed by atoms with van der Waals surface area (Å²) >= 11 is 0. The van der Waals surface area contributed by atoms with Crippen molar-refractivity contribution < 1.29 is 23.5 Å². The Hall–Kier alpha value is -3.74. The molecule has 4 aromatic rings. The molecule has 0 fully saturated rings. The highest BCUT2D eigenvalue weighted by Gasteiger charge is 2.18. The number of rotatable bonds is 9. The largest absolute Gasteiger partial charge is 0.458 e. The van der Waals surface area contributed by atoms with Gasteiger partial charge in [-0.2, -0.15) is 0 Å². The van der Waals surface area contributed by atoms with Crippen LogP contribution in [-0.4, -0.2) is 30.4 Å². The van der Waals surface area contributed by atoms with Crippen molar-refractivity contribution in [1.82, 2.24) is 5.16 Å². The lowest BCUT2D eigenvalue weighted by molar-refractivity contribution is -0.160. The van der Waals surface area contributed by atoms with Gasteiger partial charge in [-0.3, -0.25) is 0 Å². The second kappa shape index (κ2) is 11.5. The molecule has 0 saturated heterocycles. The smallest absolute Gasteiger partial charge is 0.332 e. The molecule has 0 bridgehead atoms. The monoisotopic (exact) mass is 499 g/mol. The van der Waals surface area contributed by atoms with Crippen molar-refractivity contribution in [3.05, 3.63) is 89.5 Å². The summed E-state index contributed by atoms with van der Waals surface area (Å²) in [5.74, 6) is 0.293. The summed E-state index contributed by atoms with van der Waals surface area (Å²) in [6.45, 7) is 8.25. The third kappa shape index (κ3) is 6.73. The van der Waals surface area contributed by atoms with E-state index in [1.165, 1.54) is 0 Å². The number of esters is 1. The maximum absolute atomic E-state index is 11.9. The molecule has 6 nitrogen and oxygen atoms in total. The van der Waals surface area contributed by atoms with E-state index in [2.05, 4.69) is 36.3 Å². The number of carbonyl (C=O) groups excluding carboxylic acids is 1. The Morgan fingerprint density at radius 3 is 2.35 bits per heavy atom. The van der Waals surface area contributed by atoms with Crippen LogP contribution in [0.15, 0.2) is 77.3 Å². The quantitative estimate of drug-likeness (QED) is 0.231. The zero-order chi connectivity index (χ0) is 26.4. The molecule has 0 saturated carbocycles. The van der Waals surface area contributed by atoms with Gasteiger partial charge in [0.05, 0.1) is 13.2 Å². The van der Waals surface area contributed by atoms with Crippen LogP contribution in [0.1, 0.15) is 37.5 Å². The Kier molecular flexibility index (Phi) is 8.21. The molecule has 0 unspecified atom stereocenters. The van der Waals surface area contributed by atoms with Gasteiger partial charge in [0.15, 0.2) is 5.76 Å². The summed E-state index contributed by atoms with van der Waals surface area (Å²) in [4.78, 5) is 11.9. The second-order valence-electron chi connectivity index (χ2n) is 9.92. The molecule has 0 N–H and O–H groups in total. The zero-order valence-electron chi connectivity index (χ0n) is 22.0. The van der Waals surface area contributed by atoms with Gasteiger partial charge in [0, 0.05) is 24.3 Å². The summed E-state index contributed by atoms with van der Waals surface area (Å²) in [7, 11) is 1.70. The maximum atomic E-state index is 11.9. The van der Waals surface area contributed by atoms with Crippen LogP contribution in [0.4, 0.5) is 0 Å². The molecule has 0 aliphatic carbocycles. The third-order valence-electron chi connectivity index (χ3n) is 5.88. The summed E-state index contributed by atoms with van der Waals surface area (Å²) in [6, 6.07) is 24.3. The van der Waals surface area contributed by atoms with Crippen LogP contribution in [-0.2, 0) is 32.2 Å². The molecule has 192 valence electrons. The minimum absolute atomic E-state index is 0.101. The van der Waals surface area contributed by atoms with Crippen LogP contribution < -0.4 is 0 Å². The number of hydrogen-bond donors (Lipinski definition) is 0. The van der Waals surface area contributed by atoms with Crippen LogP contribution >= 0.6 is 0 Å². The van der Waals surface area contributed by atoms with Gasteiger partial charge in [-0.05, 0) is 61.6 Å². The lowest BCUT2D eigenvalue weighted by Crippen LogP contribution is -2.26. The second-order valence-corrected chi connectivity index (χ2v) is 9.92. The van der Waals surface area contributed by atoms with E-state index in [9.17, 15) is 4.79 Å². The summed E-state index contributed by atoms with van der Waals surface area (Å²) < 4.78 is 22.2. The SMILES string of the molecule is COCc1c(-c2cc(-c3cccc(COCC(=O)OC(C)(C)C)c3)no2)ccc(-c2ccccc2)c1C. The molecule has 1 aromatic heterocycles. The summed E-state index contributed by atoms with van der Waals surface area (Å²) in [6.07, 6.45) is 0. The molecular formula is C31H33NO5. The molecular weight excluding hydrogens is 466 g/mol. The van der Waals surface area contributed by atoms with Gasteiger partial charge in [0.1, 0.15) is 17.9 Å². The minimum atomic E-state index is -0.533. The predicted octanol–water partition coefficient (Wildman–Crippen LogP) is 6.99. The summed E-state index contributed by atoms with van der Waals surface area (Å²) in [5, 5.41) is 4.33. The van der Waals surface area contributed by atoms with E-state index in [1.807, 2.05) is 69.3 Å². The fourth-order valence-electron chi connectivity index (χ4n) is 4.23. The molecule has 37 heavy (non-hydrogen) atoms. The van der Waals surface area contributed by atoms with Gasteiger partial charge in [0.25, 0.3) is 0 Å². The standard InChI is InChI=1S/C31H33NO5/c1-21-25(23-11-7-6-8-12-23)14-15-26(27(21)19-34-5)29-17-28(32-37-29)24-13-9-10-22(16-24)18-35-20-30(33)36-31(2,3)4/h6-17H,18-20H2,1-5H3. The first-order valence-electron chi connectivity index (χ1n) is 12.3. The first kappa shape index (κ1) is 26.3. The Labute approximate surface area is 218 Å². The van der Waals surface area contributed by atoms with Gasteiger partial charge in [-0.15, -0.1) is 0 Å². The van der Waals surface area contributed by atoms with Crippen LogP contribution in [0, 0.1) is 6.92 Å². The highest BCUT2D eigenvalue weighted by molar-refractivity contribution is 5.77. The number of methoxy groups -OCH3 is 1. The molecule has 3 aromatic carbocycles. The highest BCUT2D eigenvalue weighted by Crippen LogP contribution is 2.35. The number of aromatic nitrogens is 1. The average molecular weight is 500 g/mol. The molecule has 0 spiro atoms. The number of carbonyl (C=O) groups is 1. The van der Waals surface area contributed by atoms with Crippen molar-refractivity contribution in [2.75, 3.05) is 13.7 Å². The van der Waals surface area contributed by atoms with E-state index in [1.54, 1.807) is 7.11 Å². The van der Waals surface area contributed by atoms with Crippen LogP contribution in [0.2, 0.25) is 0 Å². The van der Waals surface area contributed by atoms with Crippen LogP contribution in [0.5, 0.6) is 0 Å². The Morgan fingerprint density at radius 1 is 0.892 bits per heavy atom. The molecule has 6 heteroatoms. The molecule has 4 rings (SSSR count). The first-order valence-corrected chi connectivity index (χ1v) is 12.3. The topological polar surface area (TPSA) is 70.8 Å². The van der Waals surface area contributed by atoms with E-state index in [0.717, 1.165) is 44.6 Å². The van der Waals surface area contributed by atoms with E-state index >= 15 is 0 Å². The predicted molar refractivity (Wildman–Crippen MR) is 144 cm³/mol. The van der Waals surface area contributed by atoms with Gasteiger partial charge in [0.2, 0.25) is 0 Å². The van der Waals surface area contributed by atoms with Crippen LogP contribution in [0.25, 0.3) is 33.7 Å². The molecule has 0 radical (unpaired) electrons. The average Bonchev–Trinajstić information content (AvgIpc) is 3.35. The van der Waals surface area contributed by atoms with Crippen molar-refractivity contribution in [3.8, 4) is 33.7 Å². The fourth-order valence-corrected chi connectivity index (χ4v) is 4.23. The number of benzene rings is 3. The minimum Gasteiger partial charge on any atom is -0.458 e.